The van der Waals surface area contributed by atoms with Gasteiger partial charge in [0.1, 0.15) is 0 Å². The van der Waals surface area contributed by atoms with E-state index in [0.29, 0.717) is 0 Å². The molecule has 0 atom stereocenters. The maximum absolute atomic E-state index is 5.91. The largest absolute Gasteiger partial charge is 0.341 e. The highest BCUT2D eigenvalue weighted by molar-refractivity contribution is 14.1. The predicted molar refractivity (Wildman–Crippen MR) is 158 cm³/mol. The minimum Gasteiger partial charge on any atom is -0.126 e. The third kappa shape index (κ3) is 31.8. The molecule has 0 aromatic carbocycles. The van der Waals surface area contributed by atoms with Crippen LogP contribution in [0.2, 0.25) is 6.04 Å². The van der Waals surface area contributed by atoms with Gasteiger partial charge in [-0.1, -0.05) is 170 Å². The Bertz CT molecular complexity index is 337. The van der Waals surface area contributed by atoms with Gasteiger partial charge in [0.25, 0.3) is 0 Å². The van der Waals surface area contributed by atoms with Crippen molar-refractivity contribution in [3.63, 3.8) is 0 Å². The molecule has 0 aliphatic heterocycles. The van der Waals surface area contributed by atoms with Crippen molar-refractivity contribution in [2.45, 2.75) is 160 Å². The second-order valence-corrected chi connectivity index (χ2v) is 19.9. The fourth-order valence-electron chi connectivity index (χ4n) is 4.31. The number of halogens is 4. The molecule has 0 nitrogen and oxygen atoms in total. The highest BCUT2D eigenvalue weighted by Gasteiger charge is 2.23. The lowest BCUT2D eigenvalue weighted by Crippen LogP contribution is -2.07. The maximum Gasteiger partial charge on any atom is 0.341 e. The lowest BCUT2D eigenvalue weighted by Gasteiger charge is -2.07. The SMILES string of the molecule is Cl[Si](Cl)(Cl)CCCCCCCCCCCCCCCCCCCCCCCCCCI. The molecule has 5 heteroatoms. The molecular formula is C26H52Cl3ISi. The van der Waals surface area contributed by atoms with Gasteiger partial charge in [-0.3, -0.25) is 0 Å². The molecule has 0 unspecified atom stereocenters. The van der Waals surface area contributed by atoms with E-state index in [4.69, 9.17) is 33.2 Å². The summed E-state index contributed by atoms with van der Waals surface area (Å²) in [6.45, 7) is 0. The average Bonchev–Trinajstić information content (AvgIpc) is 2.73. The molecule has 0 saturated carbocycles. The summed E-state index contributed by atoms with van der Waals surface area (Å²) in [6.07, 6.45) is 34.1. The number of rotatable bonds is 26. The average molecular weight is 626 g/mol. The van der Waals surface area contributed by atoms with E-state index in [1.165, 1.54) is 152 Å². The van der Waals surface area contributed by atoms with Crippen LogP contribution in [0.1, 0.15) is 154 Å². The third-order valence-electron chi connectivity index (χ3n) is 6.34. The molecule has 0 heterocycles. The monoisotopic (exact) mass is 624 g/mol. The zero-order valence-electron chi connectivity index (χ0n) is 20.4. The molecule has 31 heavy (non-hydrogen) atoms. The molecule has 0 N–H and O–H groups in total. The van der Waals surface area contributed by atoms with Crippen LogP contribution < -0.4 is 0 Å². The smallest absolute Gasteiger partial charge is 0.126 e. The minimum absolute atomic E-state index is 0.830. The summed E-state index contributed by atoms with van der Waals surface area (Å²) in [5.74, 6) is 0. The molecule has 0 rings (SSSR count). The van der Waals surface area contributed by atoms with Crippen molar-refractivity contribution in [1.82, 2.24) is 0 Å². The number of hydrogen-bond acceptors (Lipinski definition) is 0. The van der Waals surface area contributed by atoms with Crippen LogP contribution in [0, 0.1) is 0 Å². The Morgan fingerprint density at radius 3 is 0.710 bits per heavy atom. The Hall–Kier alpha value is 1.82. The maximum atomic E-state index is 5.91. The Labute approximate surface area is 225 Å². The van der Waals surface area contributed by atoms with Crippen LogP contribution in [-0.2, 0) is 0 Å². The van der Waals surface area contributed by atoms with E-state index in [9.17, 15) is 0 Å². The lowest BCUT2D eigenvalue weighted by molar-refractivity contribution is 0.518. The molecule has 0 saturated heterocycles. The first kappa shape index (κ1) is 32.8. The van der Waals surface area contributed by atoms with Crippen molar-refractivity contribution in [3.8, 4) is 0 Å². The Balaban J connectivity index is 3.02. The fourth-order valence-corrected chi connectivity index (χ4v) is 6.70. The molecule has 0 aromatic heterocycles. The molecule has 0 radical (unpaired) electrons. The van der Waals surface area contributed by atoms with Crippen molar-refractivity contribution in [1.29, 1.82) is 0 Å². The minimum atomic E-state index is -2.36. The van der Waals surface area contributed by atoms with Crippen molar-refractivity contribution < 1.29 is 0 Å². The molecule has 0 spiro atoms. The first-order chi connectivity index (χ1) is 15.1. The predicted octanol–water partition coefficient (Wildman–Crippen LogP) is 12.4. The van der Waals surface area contributed by atoms with Crippen molar-refractivity contribution in [2.75, 3.05) is 4.43 Å². The van der Waals surface area contributed by atoms with Gasteiger partial charge < -0.3 is 0 Å². The van der Waals surface area contributed by atoms with E-state index in [0.717, 1.165) is 12.5 Å². The summed E-state index contributed by atoms with van der Waals surface area (Å²) < 4.78 is 1.34. The standard InChI is InChI=1S/C26H52Cl3ISi/c27-31(28,29)26-24-22-20-18-16-14-12-10-8-6-4-2-1-3-5-7-9-11-13-15-17-19-21-23-25-30/h1-26H2. The van der Waals surface area contributed by atoms with Gasteiger partial charge in [-0.15, -0.1) is 33.2 Å². The van der Waals surface area contributed by atoms with E-state index in [1.54, 1.807) is 0 Å². The van der Waals surface area contributed by atoms with Crippen LogP contribution in [0.3, 0.4) is 0 Å². The van der Waals surface area contributed by atoms with Crippen LogP contribution in [0.25, 0.3) is 0 Å². The van der Waals surface area contributed by atoms with E-state index in [2.05, 4.69) is 22.6 Å². The summed E-state index contributed by atoms with van der Waals surface area (Å²) in [5, 5.41) is 0. The molecule has 0 fully saturated rings. The van der Waals surface area contributed by atoms with Crippen molar-refractivity contribution in [2.24, 2.45) is 0 Å². The molecule has 0 aliphatic carbocycles. The summed E-state index contributed by atoms with van der Waals surface area (Å²) in [4.78, 5) is 0. The third-order valence-corrected chi connectivity index (χ3v) is 9.73. The number of hydrogen-bond donors (Lipinski definition) is 0. The Morgan fingerprint density at radius 2 is 0.516 bits per heavy atom. The molecule has 0 bridgehead atoms. The Kier molecular flexibility index (Phi) is 28.0. The van der Waals surface area contributed by atoms with E-state index >= 15 is 0 Å². The summed E-state index contributed by atoms with van der Waals surface area (Å²) in [5.41, 5.74) is 0. The van der Waals surface area contributed by atoms with Crippen LogP contribution in [0.5, 0.6) is 0 Å². The number of unbranched alkanes of at least 4 members (excludes halogenated alkanes) is 23. The molecular weight excluding hydrogens is 574 g/mol. The van der Waals surface area contributed by atoms with Gasteiger partial charge >= 0.3 is 6.00 Å². The van der Waals surface area contributed by atoms with Crippen LogP contribution >= 0.6 is 55.8 Å². The highest BCUT2D eigenvalue weighted by Crippen LogP contribution is 2.27. The van der Waals surface area contributed by atoms with Crippen LogP contribution in [-0.4, -0.2) is 10.4 Å². The van der Waals surface area contributed by atoms with E-state index in [-0.39, 0.29) is 0 Å². The van der Waals surface area contributed by atoms with Crippen molar-refractivity contribution in [3.05, 3.63) is 0 Å². The van der Waals surface area contributed by atoms with Crippen LogP contribution in [0.4, 0.5) is 0 Å². The van der Waals surface area contributed by atoms with Gasteiger partial charge in [-0.2, -0.15) is 0 Å². The zero-order chi connectivity index (χ0) is 22.9. The first-order valence-electron chi connectivity index (χ1n) is 13.7. The van der Waals surface area contributed by atoms with Gasteiger partial charge in [0, 0.05) is 0 Å². The molecule has 0 amide bonds. The fraction of sp³-hybridized carbons (Fsp3) is 1.00. The lowest BCUT2D eigenvalue weighted by atomic mass is 10.0. The van der Waals surface area contributed by atoms with Gasteiger partial charge in [0.05, 0.1) is 0 Å². The normalized spacial score (nSPS) is 12.0. The molecule has 0 aliphatic rings. The quantitative estimate of drug-likeness (QED) is 0.0295. The van der Waals surface area contributed by atoms with Gasteiger partial charge in [0.15, 0.2) is 0 Å². The molecule has 0 aromatic rings. The van der Waals surface area contributed by atoms with E-state index in [1.807, 2.05) is 0 Å². The second-order valence-electron chi connectivity index (χ2n) is 9.54. The Morgan fingerprint density at radius 1 is 0.323 bits per heavy atom. The van der Waals surface area contributed by atoms with Gasteiger partial charge in [0.2, 0.25) is 0 Å². The van der Waals surface area contributed by atoms with Gasteiger partial charge in [-0.25, -0.2) is 0 Å². The van der Waals surface area contributed by atoms with Crippen LogP contribution in [0.15, 0.2) is 0 Å². The number of alkyl halides is 1. The topological polar surface area (TPSA) is 0 Å². The summed E-state index contributed by atoms with van der Waals surface area (Å²) in [6, 6.07) is -1.53. The summed E-state index contributed by atoms with van der Waals surface area (Å²) >= 11 is 20.2. The van der Waals surface area contributed by atoms with E-state index < -0.39 is 6.00 Å². The van der Waals surface area contributed by atoms with Gasteiger partial charge in [-0.05, 0) is 16.9 Å². The molecule has 188 valence electrons. The van der Waals surface area contributed by atoms with Crippen molar-refractivity contribution >= 4 is 61.8 Å². The second kappa shape index (κ2) is 26.4. The first-order valence-corrected chi connectivity index (χ1v) is 20.5. The zero-order valence-corrected chi connectivity index (χ0v) is 25.8. The highest BCUT2D eigenvalue weighted by atomic mass is 127. The summed E-state index contributed by atoms with van der Waals surface area (Å²) in [7, 11) is 0.